The number of carbonyl (C=O) groups is 1. The minimum Gasteiger partial charge on any atom is -0.305 e. The summed E-state index contributed by atoms with van der Waals surface area (Å²) in [6, 6.07) is 6.76. The Bertz CT molecular complexity index is 475. The maximum Gasteiger partial charge on any atom is 0.167 e. The zero-order valence-electron chi connectivity index (χ0n) is 12.5. The summed E-state index contributed by atoms with van der Waals surface area (Å²) >= 11 is 0. The van der Waals surface area contributed by atoms with Gasteiger partial charge in [-0.2, -0.15) is 0 Å². The molecule has 2 atom stereocenters. The first-order chi connectivity index (χ1) is 9.49. The summed E-state index contributed by atoms with van der Waals surface area (Å²) in [5.74, 6) is 0.0797. The summed E-state index contributed by atoms with van der Waals surface area (Å²) in [6.45, 7) is 4.94. The van der Waals surface area contributed by atoms with Crippen LogP contribution >= 0.6 is 0 Å². The molecule has 0 radical (unpaired) electrons. The van der Waals surface area contributed by atoms with Crippen LogP contribution in [0.25, 0.3) is 0 Å². The Hall–Kier alpha value is -1.26. The molecule has 1 aliphatic heterocycles. The van der Waals surface area contributed by atoms with E-state index in [0.29, 0.717) is 24.9 Å². The van der Waals surface area contributed by atoms with E-state index in [4.69, 9.17) is 0 Å². The molecule has 0 saturated carbocycles. The summed E-state index contributed by atoms with van der Waals surface area (Å²) in [7, 11) is 4.18. The molecular formula is C16H23FN2O. The van der Waals surface area contributed by atoms with Crippen molar-refractivity contribution in [2.24, 2.45) is 5.92 Å². The molecule has 0 bridgehead atoms. The van der Waals surface area contributed by atoms with Gasteiger partial charge in [0.1, 0.15) is 5.82 Å². The van der Waals surface area contributed by atoms with Crippen LogP contribution in [-0.2, 0) is 0 Å². The van der Waals surface area contributed by atoms with Crippen molar-refractivity contribution in [2.45, 2.75) is 19.4 Å². The number of Topliss-reactive ketones (excluding diaryl/α,β-unsaturated/α-hetero) is 1. The van der Waals surface area contributed by atoms with E-state index >= 15 is 0 Å². The molecule has 0 N–H and O–H groups in total. The maximum absolute atomic E-state index is 13.5. The molecule has 0 spiro atoms. The monoisotopic (exact) mass is 278 g/mol. The average molecular weight is 278 g/mol. The zero-order valence-corrected chi connectivity index (χ0v) is 12.5. The standard InChI is InChI=1S/C16H23FN2O/c1-12-10-19(11-15(12)18(2)3)9-8-16(20)13-6-4-5-7-14(13)17/h4-7,12,15H,8-11H2,1-3H3. The Morgan fingerprint density at radius 3 is 2.65 bits per heavy atom. The lowest BCUT2D eigenvalue weighted by Crippen LogP contribution is -2.34. The lowest BCUT2D eigenvalue weighted by atomic mass is 10.1. The lowest BCUT2D eigenvalue weighted by molar-refractivity contribution is 0.0963. The molecule has 2 unspecified atom stereocenters. The number of likely N-dealkylation sites (tertiary alicyclic amines) is 1. The second-order valence-corrected chi connectivity index (χ2v) is 5.92. The molecule has 4 heteroatoms. The largest absolute Gasteiger partial charge is 0.305 e. The molecule has 3 nitrogen and oxygen atoms in total. The van der Waals surface area contributed by atoms with Crippen molar-refractivity contribution in [3.63, 3.8) is 0 Å². The van der Waals surface area contributed by atoms with Gasteiger partial charge in [-0.1, -0.05) is 19.1 Å². The SMILES string of the molecule is CC1CN(CCC(=O)c2ccccc2F)CC1N(C)C. The predicted molar refractivity (Wildman–Crippen MR) is 78.4 cm³/mol. The zero-order chi connectivity index (χ0) is 14.7. The van der Waals surface area contributed by atoms with E-state index in [1.54, 1.807) is 18.2 Å². The third-order valence-corrected chi connectivity index (χ3v) is 4.14. The van der Waals surface area contributed by atoms with Crippen molar-refractivity contribution in [1.29, 1.82) is 0 Å². The van der Waals surface area contributed by atoms with Gasteiger partial charge < -0.3 is 9.80 Å². The van der Waals surface area contributed by atoms with Gasteiger partial charge in [0.25, 0.3) is 0 Å². The summed E-state index contributed by atoms with van der Waals surface area (Å²) < 4.78 is 13.5. The van der Waals surface area contributed by atoms with E-state index in [0.717, 1.165) is 13.1 Å². The van der Waals surface area contributed by atoms with Crippen LogP contribution in [-0.4, -0.2) is 55.4 Å². The molecule has 110 valence electrons. The Kier molecular flexibility index (Phi) is 4.89. The summed E-state index contributed by atoms with van der Waals surface area (Å²) in [4.78, 5) is 16.6. The minimum absolute atomic E-state index is 0.107. The van der Waals surface area contributed by atoms with Gasteiger partial charge >= 0.3 is 0 Å². The van der Waals surface area contributed by atoms with Crippen molar-refractivity contribution >= 4 is 5.78 Å². The molecular weight excluding hydrogens is 255 g/mol. The Labute approximate surface area is 120 Å². The Morgan fingerprint density at radius 2 is 2.05 bits per heavy atom. The van der Waals surface area contributed by atoms with Crippen LogP contribution < -0.4 is 0 Å². The number of halogens is 1. The first-order valence-electron chi connectivity index (χ1n) is 7.15. The van der Waals surface area contributed by atoms with Crippen LogP contribution in [0.15, 0.2) is 24.3 Å². The number of carbonyl (C=O) groups excluding carboxylic acids is 1. The fraction of sp³-hybridized carbons (Fsp3) is 0.562. The fourth-order valence-electron chi connectivity index (χ4n) is 2.98. The van der Waals surface area contributed by atoms with E-state index in [9.17, 15) is 9.18 Å². The number of benzene rings is 1. The summed E-state index contributed by atoms with van der Waals surface area (Å²) in [6.07, 6.45) is 0.383. The van der Waals surface area contributed by atoms with E-state index < -0.39 is 5.82 Å². The average Bonchev–Trinajstić information content (AvgIpc) is 2.78. The highest BCUT2D eigenvalue weighted by Crippen LogP contribution is 2.20. The van der Waals surface area contributed by atoms with Gasteiger partial charge in [0.15, 0.2) is 5.78 Å². The minimum atomic E-state index is -0.418. The number of rotatable bonds is 5. The van der Waals surface area contributed by atoms with Crippen LogP contribution in [0.1, 0.15) is 23.7 Å². The van der Waals surface area contributed by atoms with Gasteiger partial charge in [0, 0.05) is 32.1 Å². The molecule has 1 aliphatic rings. The molecule has 1 aromatic rings. The van der Waals surface area contributed by atoms with Crippen molar-refractivity contribution in [3.05, 3.63) is 35.6 Å². The number of ketones is 1. The van der Waals surface area contributed by atoms with Gasteiger partial charge in [0.05, 0.1) is 5.56 Å². The van der Waals surface area contributed by atoms with Crippen molar-refractivity contribution in [3.8, 4) is 0 Å². The first kappa shape index (κ1) is 15.1. The van der Waals surface area contributed by atoms with Gasteiger partial charge in [-0.3, -0.25) is 4.79 Å². The fourth-order valence-corrected chi connectivity index (χ4v) is 2.98. The molecule has 1 heterocycles. The maximum atomic E-state index is 13.5. The van der Waals surface area contributed by atoms with E-state index in [-0.39, 0.29) is 11.3 Å². The normalized spacial score (nSPS) is 23.4. The molecule has 2 rings (SSSR count). The topological polar surface area (TPSA) is 23.6 Å². The third kappa shape index (κ3) is 3.44. The third-order valence-electron chi connectivity index (χ3n) is 4.14. The Balaban J connectivity index is 1.88. The lowest BCUT2D eigenvalue weighted by Gasteiger charge is -2.22. The van der Waals surface area contributed by atoms with Gasteiger partial charge in [-0.25, -0.2) is 4.39 Å². The van der Waals surface area contributed by atoms with Gasteiger partial charge in [0.2, 0.25) is 0 Å². The summed E-state index contributed by atoms with van der Waals surface area (Å²) in [5, 5.41) is 0. The highest BCUT2D eigenvalue weighted by atomic mass is 19.1. The molecule has 1 fully saturated rings. The first-order valence-corrected chi connectivity index (χ1v) is 7.15. The number of likely N-dealkylation sites (N-methyl/N-ethyl adjacent to an activating group) is 1. The van der Waals surface area contributed by atoms with E-state index in [2.05, 4.69) is 30.8 Å². The number of nitrogens with zero attached hydrogens (tertiary/aromatic N) is 2. The van der Waals surface area contributed by atoms with Crippen LogP contribution in [0.5, 0.6) is 0 Å². The molecule has 1 saturated heterocycles. The quantitative estimate of drug-likeness (QED) is 0.772. The molecule has 0 aromatic heterocycles. The predicted octanol–water partition coefficient (Wildman–Crippen LogP) is 2.28. The van der Waals surface area contributed by atoms with Crippen LogP contribution in [0.3, 0.4) is 0 Å². The van der Waals surface area contributed by atoms with Crippen LogP contribution in [0.4, 0.5) is 4.39 Å². The molecule has 0 aliphatic carbocycles. The van der Waals surface area contributed by atoms with Crippen molar-refractivity contribution in [2.75, 3.05) is 33.7 Å². The number of hydrogen-bond acceptors (Lipinski definition) is 3. The van der Waals surface area contributed by atoms with Gasteiger partial charge in [-0.15, -0.1) is 0 Å². The highest BCUT2D eigenvalue weighted by Gasteiger charge is 2.30. The van der Waals surface area contributed by atoms with Crippen LogP contribution in [0.2, 0.25) is 0 Å². The number of hydrogen-bond donors (Lipinski definition) is 0. The Morgan fingerprint density at radius 1 is 1.35 bits per heavy atom. The summed E-state index contributed by atoms with van der Waals surface area (Å²) in [5.41, 5.74) is 0.212. The second-order valence-electron chi connectivity index (χ2n) is 5.92. The molecule has 0 amide bonds. The van der Waals surface area contributed by atoms with E-state index in [1.165, 1.54) is 6.07 Å². The van der Waals surface area contributed by atoms with E-state index in [1.807, 2.05) is 0 Å². The second kappa shape index (κ2) is 6.46. The highest BCUT2D eigenvalue weighted by molar-refractivity contribution is 5.96. The van der Waals surface area contributed by atoms with Gasteiger partial charge in [-0.05, 0) is 32.1 Å². The van der Waals surface area contributed by atoms with Crippen molar-refractivity contribution in [1.82, 2.24) is 9.80 Å². The molecule has 1 aromatic carbocycles. The van der Waals surface area contributed by atoms with Crippen molar-refractivity contribution < 1.29 is 9.18 Å². The molecule has 20 heavy (non-hydrogen) atoms. The smallest absolute Gasteiger partial charge is 0.167 e. The van der Waals surface area contributed by atoms with Crippen LogP contribution in [0, 0.1) is 11.7 Å².